The molecule has 1 aromatic carbocycles. The molecule has 0 aromatic heterocycles. The van der Waals surface area contributed by atoms with Crippen LogP contribution in [0.1, 0.15) is 60.2 Å². The number of benzene rings is 1. The number of amides is 4. The van der Waals surface area contributed by atoms with Gasteiger partial charge in [0, 0.05) is 38.1 Å². The number of carbonyl (C=O) groups excluding carboxylic acids is 4. The molecule has 2 N–H and O–H groups in total. The number of fused-ring (bicyclic) bond motifs is 1. The Morgan fingerprint density at radius 2 is 1.57 bits per heavy atom. The quantitative estimate of drug-likeness (QED) is 0.617. The second-order valence-electron chi connectivity index (χ2n) is 10.3. The Balaban J connectivity index is 1.36. The number of rotatable bonds is 4. The molecule has 1 aromatic rings. The molecule has 5 rings (SSSR count). The standard InChI is InChI=1S/C25H32FN5O4/c1-14-11-29(13-16-5-7-27-8-6-16)12-15(2)30(14)21-10-18-17(9-19(21)26)24(34)31(25(18)35)20-3-4-22(32)28-23(20)33/h9-10,14-16,20,27H,3-8,11-13H2,1-2H3,(H,28,32,33). The molecule has 0 aliphatic carbocycles. The van der Waals surface area contributed by atoms with E-state index in [-0.39, 0.29) is 36.1 Å². The van der Waals surface area contributed by atoms with Gasteiger partial charge in [0.05, 0.1) is 16.8 Å². The van der Waals surface area contributed by atoms with Crippen LogP contribution in [0.25, 0.3) is 0 Å². The summed E-state index contributed by atoms with van der Waals surface area (Å²) in [4.78, 5) is 55.3. The lowest BCUT2D eigenvalue weighted by molar-refractivity contribution is -0.136. The van der Waals surface area contributed by atoms with Gasteiger partial charge >= 0.3 is 0 Å². The van der Waals surface area contributed by atoms with Gasteiger partial charge in [0.25, 0.3) is 11.8 Å². The van der Waals surface area contributed by atoms with Crippen LogP contribution in [-0.4, -0.2) is 84.3 Å². The second-order valence-corrected chi connectivity index (χ2v) is 10.3. The van der Waals surface area contributed by atoms with E-state index in [9.17, 15) is 19.2 Å². The Kier molecular flexibility index (Phi) is 6.35. The molecular formula is C25H32FN5O4. The van der Waals surface area contributed by atoms with Crippen LogP contribution in [0.2, 0.25) is 0 Å². The first kappa shape index (κ1) is 23.9. The van der Waals surface area contributed by atoms with Crippen molar-refractivity contribution in [3.8, 4) is 0 Å². The van der Waals surface area contributed by atoms with Crippen LogP contribution in [0.5, 0.6) is 0 Å². The van der Waals surface area contributed by atoms with E-state index in [1.165, 1.54) is 18.9 Å². The predicted octanol–water partition coefficient (Wildman–Crippen LogP) is 1.13. The van der Waals surface area contributed by atoms with Crippen LogP contribution in [0.3, 0.4) is 0 Å². The van der Waals surface area contributed by atoms with E-state index in [1.54, 1.807) is 0 Å². The fraction of sp³-hybridized carbons (Fsp3) is 0.600. The number of piperazine rings is 1. The van der Waals surface area contributed by atoms with Gasteiger partial charge in [-0.2, -0.15) is 0 Å². The third-order valence-corrected chi connectivity index (χ3v) is 7.76. The number of imide groups is 2. The summed E-state index contributed by atoms with van der Waals surface area (Å²) in [6.07, 6.45) is 2.45. The van der Waals surface area contributed by atoms with Crippen molar-refractivity contribution in [1.29, 1.82) is 0 Å². The van der Waals surface area contributed by atoms with Crippen LogP contribution in [0.4, 0.5) is 10.1 Å². The van der Waals surface area contributed by atoms with Crippen molar-refractivity contribution < 1.29 is 23.6 Å². The van der Waals surface area contributed by atoms with Gasteiger partial charge in [0.15, 0.2) is 0 Å². The minimum absolute atomic E-state index is 0.0199. The summed E-state index contributed by atoms with van der Waals surface area (Å²) in [5.74, 6) is -2.31. The van der Waals surface area contributed by atoms with E-state index in [0.717, 1.165) is 43.7 Å². The number of hydrogen-bond acceptors (Lipinski definition) is 7. The van der Waals surface area contributed by atoms with Gasteiger partial charge in [-0.1, -0.05) is 0 Å². The summed E-state index contributed by atoms with van der Waals surface area (Å²) in [7, 11) is 0. The molecular weight excluding hydrogens is 453 g/mol. The van der Waals surface area contributed by atoms with Gasteiger partial charge in [0.1, 0.15) is 11.9 Å². The Labute approximate surface area is 204 Å². The lowest BCUT2D eigenvalue weighted by atomic mass is 9.96. The zero-order chi connectivity index (χ0) is 24.9. The Bertz CT molecular complexity index is 1060. The summed E-state index contributed by atoms with van der Waals surface area (Å²) < 4.78 is 15.4. The molecule has 4 aliphatic heterocycles. The Morgan fingerprint density at radius 3 is 2.20 bits per heavy atom. The molecule has 4 aliphatic rings. The molecule has 3 saturated heterocycles. The summed E-state index contributed by atoms with van der Waals surface area (Å²) >= 11 is 0. The average Bonchev–Trinajstić information content (AvgIpc) is 3.04. The molecule has 0 radical (unpaired) electrons. The topological polar surface area (TPSA) is 102 Å². The van der Waals surface area contributed by atoms with E-state index < -0.39 is 35.5 Å². The van der Waals surface area contributed by atoms with Crippen LogP contribution < -0.4 is 15.5 Å². The summed E-state index contributed by atoms with van der Waals surface area (Å²) in [6.45, 7) is 8.84. The van der Waals surface area contributed by atoms with E-state index in [4.69, 9.17) is 0 Å². The minimum atomic E-state index is -1.07. The lowest BCUT2D eigenvalue weighted by Gasteiger charge is -2.47. The monoisotopic (exact) mass is 485 g/mol. The highest BCUT2D eigenvalue weighted by atomic mass is 19.1. The van der Waals surface area contributed by atoms with Crippen molar-refractivity contribution in [3.05, 3.63) is 29.1 Å². The number of halogens is 1. The maximum absolute atomic E-state index is 15.4. The van der Waals surface area contributed by atoms with Gasteiger partial charge in [-0.15, -0.1) is 0 Å². The van der Waals surface area contributed by atoms with E-state index in [0.29, 0.717) is 11.6 Å². The van der Waals surface area contributed by atoms with Crippen LogP contribution in [0.15, 0.2) is 12.1 Å². The molecule has 0 saturated carbocycles. The van der Waals surface area contributed by atoms with Crippen molar-refractivity contribution in [1.82, 2.24) is 20.4 Å². The lowest BCUT2D eigenvalue weighted by Crippen LogP contribution is -2.58. The van der Waals surface area contributed by atoms with E-state index >= 15 is 4.39 Å². The molecule has 188 valence electrons. The highest BCUT2D eigenvalue weighted by Gasteiger charge is 2.45. The molecule has 0 bridgehead atoms. The van der Waals surface area contributed by atoms with Crippen molar-refractivity contribution in [2.24, 2.45) is 5.92 Å². The zero-order valence-corrected chi connectivity index (χ0v) is 20.2. The van der Waals surface area contributed by atoms with E-state index in [1.807, 2.05) is 4.90 Å². The first-order valence-corrected chi connectivity index (χ1v) is 12.5. The third-order valence-electron chi connectivity index (χ3n) is 7.76. The van der Waals surface area contributed by atoms with Gasteiger partial charge in [-0.3, -0.25) is 34.3 Å². The molecule has 3 atom stereocenters. The van der Waals surface area contributed by atoms with E-state index in [2.05, 4.69) is 29.4 Å². The van der Waals surface area contributed by atoms with Gasteiger partial charge < -0.3 is 10.2 Å². The van der Waals surface area contributed by atoms with Crippen LogP contribution >= 0.6 is 0 Å². The molecule has 3 unspecified atom stereocenters. The van der Waals surface area contributed by atoms with Crippen LogP contribution in [0, 0.1) is 11.7 Å². The van der Waals surface area contributed by atoms with Gasteiger partial charge in [-0.05, 0) is 64.3 Å². The van der Waals surface area contributed by atoms with Crippen molar-refractivity contribution in [2.45, 2.75) is 57.7 Å². The molecule has 3 fully saturated rings. The zero-order valence-electron chi connectivity index (χ0n) is 20.2. The first-order valence-electron chi connectivity index (χ1n) is 12.5. The summed E-state index contributed by atoms with van der Waals surface area (Å²) in [5.41, 5.74) is 0.370. The van der Waals surface area contributed by atoms with Crippen LogP contribution in [-0.2, 0) is 9.59 Å². The number of piperidine rings is 2. The van der Waals surface area contributed by atoms with Gasteiger partial charge in [-0.25, -0.2) is 4.39 Å². The number of carbonyl (C=O) groups is 4. The molecule has 35 heavy (non-hydrogen) atoms. The fourth-order valence-electron chi connectivity index (χ4n) is 6.16. The predicted molar refractivity (Wildman–Crippen MR) is 127 cm³/mol. The minimum Gasteiger partial charge on any atom is -0.361 e. The molecule has 0 spiro atoms. The molecule has 4 amide bonds. The normalized spacial score (nSPS) is 28.5. The largest absolute Gasteiger partial charge is 0.361 e. The number of nitrogens with one attached hydrogen (secondary N) is 2. The summed E-state index contributed by atoms with van der Waals surface area (Å²) in [5, 5.41) is 5.58. The Hall–Kier alpha value is -2.85. The third kappa shape index (κ3) is 4.33. The maximum atomic E-state index is 15.4. The summed E-state index contributed by atoms with van der Waals surface area (Å²) in [6, 6.07) is 1.56. The highest BCUT2D eigenvalue weighted by molar-refractivity contribution is 6.23. The van der Waals surface area contributed by atoms with Gasteiger partial charge in [0.2, 0.25) is 11.8 Å². The van der Waals surface area contributed by atoms with Crippen molar-refractivity contribution >= 4 is 29.3 Å². The fourth-order valence-corrected chi connectivity index (χ4v) is 6.16. The Morgan fingerprint density at radius 1 is 0.943 bits per heavy atom. The molecule has 9 nitrogen and oxygen atoms in total. The molecule has 4 heterocycles. The molecule has 10 heteroatoms. The van der Waals surface area contributed by atoms with Crippen molar-refractivity contribution in [2.75, 3.05) is 37.6 Å². The smallest absolute Gasteiger partial charge is 0.262 e. The number of nitrogens with zero attached hydrogens (tertiary/aromatic N) is 3. The van der Waals surface area contributed by atoms with Crippen molar-refractivity contribution in [3.63, 3.8) is 0 Å². The maximum Gasteiger partial charge on any atom is 0.262 e. The second kappa shape index (κ2) is 9.31. The average molecular weight is 486 g/mol. The highest BCUT2D eigenvalue weighted by Crippen LogP contribution is 2.35. The first-order chi connectivity index (χ1) is 16.7. The SMILES string of the molecule is CC1CN(CC2CCNCC2)CC(C)N1c1cc2c(cc1F)C(=O)N(C1CCC(=O)NC1=O)C2=O. The number of hydrogen-bond donors (Lipinski definition) is 2. The number of anilines is 1.